The fourth-order valence-corrected chi connectivity index (χ4v) is 8.35. The maximum absolute atomic E-state index is 11.5. The number of nitrogens with zero attached hydrogens (tertiary/aromatic N) is 1. The van der Waals surface area contributed by atoms with Crippen LogP contribution in [0.1, 0.15) is 31.3 Å². The van der Waals surface area contributed by atoms with Crippen molar-refractivity contribution in [2.45, 2.75) is 25.8 Å². The average molecular weight is 436 g/mol. The van der Waals surface area contributed by atoms with Crippen molar-refractivity contribution in [3.8, 4) is 5.75 Å². The van der Waals surface area contributed by atoms with E-state index in [4.69, 9.17) is 9.16 Å². The topological polar surface area (TPSA) is 57.7 Å². The number of hydrogen-bond donors (Lipinski definition) is 0. The van der Waals surface area contributed by atoms with Gasteiger partial charge in [-0.25, -0.2) is 9.78 Å². The van der Waals surface area contributed by atoms with Gasteiger partial charge >= 0.3 is 5.97 Å². The van der Waals surface area contributed by atoms with Gasteiger partial charge in [0.1, 0.15) is 18.1 Å². The van der Waals surface area contributed by atoms with Crippen molar-refractivity contribution in [3.63, 3.8) is 0 Å². The van der Waals surface area contributed by atoms with Gasteiger partial charge in [0.25, 0.3) is 8.32 Å². The number of benzene rings is 2. The lowest BCUT2D eigenvalue weighted by molar-refractivity contribution is 0.0594. The molecule has 6 heteroatoms. The van der Waals surface area contributed by atoms with Gasteiger partial charge in [0.05, 0.1) is 19.9 Å². The van der Waals surface area contributed by atoms with Crippen molar-refractivity contribution in [1.82, 2.24) is 4.98 Å². The normalized spacial score (nSPS) is 11.7. The highest BCUT2D eigenvalue weighted by atomic mass is 28.4. The fourth-order valence-electron chi connectivity index (χ4n) is 3.81. The molecule has 5 nitrogen and oxygen atoms in total. The van der Waals surface area contributed by atoms with Gasteiger partial charge in [-0.3, -0.25) is 0 Å². The number of carbonyl (C=O) groups is 1. The van der Waals surface area contributed by atoms with Crippen LogP contribution >= 0.6 is 0 Å². The van der Waals surface area contributed by atoms with Crippen LogP contribution < -0.4 is 15.1 Å². The molecule has 0 aliphatic carbocycles. The van der Waals surface area contributed by atoms with Crippen LogP contribution in [0.25, 0.3) is 0 Å². The fraction of sp³-hybridized carbons (Fsp3) is 0.280. The molecule has 1 aromatic heterocycles. The van der Waals surface area contributed by atoms with E-state index < -0.39 is 14.3 Å². The van der Waals surface area contributed by atoms with Gasteiger partial charge in [0.2, 0.25) is 0 Å². The molecule has 0 bridgehead atoms. The molecule has 0 radical (unpaired) electrons. The molecule has 0 fully saturated rings. The lowest BCUT2D eigenvalue weighted by atomic mass is 10.2. The van der Waals surface area contributed by atoms with Gasteiger partial charge in [-0.05, 0) is 27.5 Å². The van der Waals surface area contributed by atoms with E-state index in [-0.39, 0.29) is 10.7 Å². The van der Waals surface area contributed by atoms with Crippen LogP contribution in [-0.4, -0.2) is 39.6 Å². The Labute approximate surface area is 185 Å². The predicted octanol–water partition coefficient (Wildman–Crippen LogP) is 3.82. The van der Waals surface area contributed by atoms with Gasteiger partial charge < -0.3 is 13.9 Å². The Hall–Kier alpha value is -2.96. The summed E-state index contributed by atoms with van der Waals surface area (Å²) in [5.74, 6) is 0.111. The first kappa shape index (κ1) is 22.7. The van der Waals surface area contributed by atoms with E-state index in [1.807, 2.05) is 12.1 Å². The molecule has 0 spiro atoms. The van der Waals surface area contributed by atoms with E-state index in [9.17, 15) is 4.79 Å². The highest BCUT2D eigenvalue weighted by Crippen LogP contribution is 2.36. The summed E-state index contributed by atoms with van der Waals surface area (Å²) >= 11 is 0. The van der Waals surface area contributed by atoms with Crippen LogP contribution in [0.4, 0.5) is 0 Å². The van der Waals surface area contributed by atoms with E-state index >= 15 is 0 Å². The standard InChI is InChI=1S/C25H29NO4Si/c1-25(2,3)31(21-11-7-5-8-12-21,22-13-9-6-10-14-22)30-18-17-29-20-15-16-23(26-19-20)24(27)28-4/h5-16,19H,17-18H2,1-4H3. The van der Waals surface area contributed by atoms with Crippen molar-refractivity contribution < 1.29 is 18.7 Å². The zero-order valence-electron chi connectivity index (χ0n) is 18.5. The summed E-state index contributed by atoms with van der Waals surface area (Å²) in [6.45, 7) is 7.55. The van der Waals surface area contributed by atoms with E-state index in [0.717, 1.165) is 0 Å². The van der Waals surface area contributed by atoms with Crippen molar-refractivity contribution in [2.24, 2.45) is 0 Å². The molecule has 1 heterocycles. The van der Waals surface area contributed by atoms with Crippen molar-refractivity contribution in [1.29, 1.82) is 0 Å². The average Bonchev–Trinajstić information content (AvgIpc) is 2.79. The maximum atomic E-state index is 11.5. The molecule has 0 unspecified atom stereocenters. The Morgan fingerprint density at radius 1 is 0.871 bits per heavy atom. The summed E-state index contributed by atoms with van der Waals surface area (Å²) in [5.41, 5.74) is 0.249. The Morgan fingerprint density at radius 3 is 1.90 bits per heavy atom. The van der Waals surface area contributed by atoms with Crippen molar-refractivity contribution in [3.05, 3.63) is 84.7 Å². The lowest BCUT2D eigenvalue weighted by Crippen LogP contribution is -2.66. The maximum Gasteiger partial charge on any atom is 0.356 e. The van der Waals surface area contributed by atoms with E-state index in [1.54, 1.807) is 12.1 Å². The van der Waals surface area contributed by atoms with Crippen LogP contribution in [-0.2, 0) is 9.16 Å². The predicted molar refractivity (Wildman–Crippen MR) is 125 cm³/mol. The zero-order valence-corrected chi connectivity index (χ0v) is 19.5. The molecular formula is C25H29NO4Si. The molecule has 3 aromatic rings. The summed E-state index contributed by atoms with van der Waals surface area (Å²) in [5, 5.41) is 2.38. The molecular weight excluding hydrogens is 406 g/mol. The van der Waals surface area contributed by atoms with Gasteiger partial charge in [0, 0.05) is 0 Å². The third-order valence-corrected chi connectivity index (χ3v) is 10.3. The first-order valence-electron chi connectivity index (χ1n) is 10.3. The Bertz CT molecular complexity index is 930. The second-order valence-corrected chi connectivity index (χ2v) is 12.5. The highest BCUT2D eigenvalue weighted by molar-refractivity contribution is 6.99. The third kappa shape index (κ3) is 5.03. The number of rotatable bonds is 8. The monoisotopic (exact) mass is 435 g/mol. The molecule has 0 saturated carbocycles. The minimum absolute atomic E-state index is 0.0839. The number of methoxy groups -OCH3 is 1. The summed E-state index contributed by atoms with van der Waals surface area (Å²) in [7, 11) is -1.24. The summed E-state index contributed by atoms with van der Waals surface area (Å²) in [6, 6.07) is 24.3. The molecule has 162 valence electrons. The first-order chi connectivity index (χ1) is 14.9. The van der Waals surface area contributed by atoms with Crippen molar-refractivity contribution in [2.75, 3.05) is 20.3 Å². The SMILES string of the molecule is COC(=O)c1ccc(OCCO[Si](c2ccccc2)(c2ccccc2)C(C)(C)C)cn1. The van der Waals surface area contributed by atoms with E-state index in [0.29, 0.717) is 19.0 Å². The molecule has 0 amide bonds. The number of ether oxygens (including phenoxy) is 2. The molecule has 0 saturated heterocycles. The van der Waals surface area contributed by atoms with Crippen molar-refractivity contribution >= 4 is 24.7 Å². The van der Waals surface area contributed by atoms with Crippen LogP contribution in [0.15, 0.2) is 79.0 Å². The second-order valence-electron chi connectivity index (χ2n) is 8.23. The number of hydrogen-bond acceptors (Lipinski definition) is 5. The molecule has 3 rings (SSSR count). The van der Waals surface area contributed by atoms with Gasteiger partial charge in [-0.2, -0.15) is 0 Å². The van der Waals surface area contributed by atoms with E-state index in [1.165, 1.54) is 23.7 Å². The molecule has 0 atom stereocenters. The van der Waals surface area contributed by atoms with Crippen LogP contribution in [0, 0.1) is 0 Å². The number of carbonyl (C=O) groups excluding carboxylic acids is 1. The summed E-state index contributed by atoms with van der Waals surface area (Å²) in [4.78, 5) is 15.6. The van der Waals surface area contributed by atoms with Gasteiger partial charge in [0.15, 0.2) is 0 Å². The molecule has 0 aliphatic heterocycles. The third-order valence-electron chi connectivity index (χ3n) is 5.22. The van der Waals surface area contributed by atoms with Crippen LogP contribution in [0.2, 0.25) is 5.04 Å². The number of esters is 1. The molecule has 2 aromatic carbocycles. The highest BCUT2D eigenvalue weighted by Gasteiger charge is 2.50. The Morgan fingerprint density at radius 2 is 1.45 bits per heavy atom. The quantitative estimate of drug-likeness (QED) is 0.306. The van der Waals surface area contributed by atoms with Crippen LogP contribution in [0.3, 0.4) is 0 Å². The molecule has 31 heavy (non-hydrogen) atoms. The van der Waals surface area contributed by atoms with Gasteiger partial charge in [-0.1, -0.05) is 81.4 Å². The lowest BCUT2D eigenvalue weighted by Gasteiger charge is -2.43. The summed E-state index contributed by atoms with van der Waals surface area (Å²) in [6.07, 6.45) is 1.52. The minimum Gasteiger partial charge on any atom is -0.490 e. The largest absolute Gasteiger partial charge is 0.490 e. The molecule has 0 aliphatic rings. The van der Waals surface area contributed by atoms with E-state index in [2.05, 4.69) is 79.0 Å². The Balaban J connectivity index is 1.79. The second kappa shape index (κ2) is 9.90. The summed E-state index contributed by atoms with van der Waals surface area (Å²) < 4.78 is 17.3. The Kier molecular flexibility index (Phi) is 7.25. The van der Waals surface area contributed by atoms with Crippen LogP contribution in [0.5, 0.6) is 5.75 Å². The first-order valence-corrected chi connectivity index (χ1v) is 12.2. The smallest absolute Gasteiger partial charge is 0.356 e. The minimum atomic E-state index is -2.57. The number of pyridine rings is 1. The van der Waals surface area contributed by atoms with Gasteiger partial charge in [-0.15, -0.1) is 0 Å². The zero-order chi connectivity index (χ0) is 22.3. The molecule has 0 N–H and O–H groups in total. The number of aromatic nitrogens is 1.